The van der Waals surface area contributed by atoms with Crippen molar-refractivity contribution >= 4 is 45.2 Å². The summed E-state index contributed by atoms with van der Waals surface area (Å²) >= 11 is 0. The molecule has 2 fully saturated rings. The predicted molar refractivity (Wildman–Crippen MR) is 205 cm³/mol. The van der Waals surface area contributed by atoms with Crippen LogP contribution in [0.15, 0.2) is 54.6 Å². The molecule has 1 aliphatic carbocycles. The Bertz CT molecular complexity index is 1920. The van der Waals surface area contributed by atoms with Crippen molar-refractivity contribution in [1.82, 2.24) is 25.2 Å². The maximum Gasteiger partial charge on any atom is 0.408 e. The lowest BCUT2D eigenvalue weighted by Crippen LogP contribution is -2.50. The van der Waals surface area contributed by atoms with Crippen LogP contribution >= 0.6 is 0 Å². The summed E-state index contributed by atoms with van der Waals surface area (Å²) in [5.74, 6) is 0.910. The Morgan fingerprint density at radius 2 is 1.80 bits per heavy atom. The van der Waals surface area contributed by atoms with Gasteiger partial charge in [0, 0.05) is 36.0 Å². The number of aromatic nitrogens is 1. The summed E-state index contributed by atoms with van der Waals surface area (Å²) in [6.07, 6.45) is 2.99. The lowest BCUT2D eigenvalue weighted by atomic mass is 10.0. The number of alkyl carbamates (subject to hydrolysis) is 1. The molecule has 3 N–H and O–H groups in total. The van der Waals surface area contributed by atoms with E-state index in [1.165, 1.54) is 0 Å². The van der Waals surface area contributed by atoms with E-state index in [-0.39, 0.29) is 23.8 Å². The van der Waals surface area contributed by atoms with Crippen molar-refractivity contribution in [1.29, 1.82) is 0 Å². The number of hydrogen-bond acceptors (Lipinski definition) is 10. The van der Waals surface area contributed by atoms with E-state index in [0.29, 0.717) is 44.5 Å². The zero-order chi connectivity index (χ0) is 39.8. The van der Waals surface area contributed by atoms with Gasteiger partial charge in [0.15, 0.2) is 0 Å². The summed E-state index contributed by atoms with van der Waals surface area (Å²) in [7, 11) is -1.94. The Morgan fingerprint density at radius 1 is 1.09 bits per heavy atom. The molecule has 2 aromatic carbocycles. The summed E-state index contributed by atoms with van der Waals surface area (Å²) in [4.78, 5) is 54.5. The van der Waals surface area contributed by atoms with Gasteiger partial charge >= 0.3 is 6.09 Å². The molecule has 15 heteroatoms. The quantitative estimate of drug-likeness (QED) is 0.204. The maximum absolute atomic E-state index is 13.5. The molecular formula is C39H53N5O9S. The fourth-order valence-corrected chi connectivity index (χ4v) is 6.95. The average Bonchev–Trinajstić information content (AvgIpc) is 3.63. The van der Waals surface area contributed by atoms with Crippen LogP contribution in [0.3, 0.4) is 0 Å². The molecule has 54 heavy (non-hydrogen) atoms. The highest BCUT2D eigenvalue weighted by Crippen LogP contribution is 2.45. The molecular weight excluding hydrogens is 715 g/mol. The van der Waals surface area contributed by atoms with Gasteiger partial charge in [-0.25, -0.2) is 18.2 Å². The molecule has 0 spiro atoms. The summed E-state index contributed by atoms with van der Waals surface area (Å²) < 4.78 is 41.0. The normalized spacial score (nSPS) is 19.9. The maximum atomic E-state index is 13.5. The van der Waals surface area contributed by atoms with Gasteiger partial charge in [-0.3, -0.25) is 19.1 Å². The SMILES string of the molecule is CCC1CC1(NC=O)C(=O)NS(C)(=O)=O.COc1ccc2c(O[C@@H]3CCN(C(=O)[C@H](CC(C)C)NC(=O)OC(C)(C)C)C3)cc(-c3ccccc3)nc2c1. The molecule has 5 rings (SSSR count). The van der Waals surface area contributed by atoms with Gasteiger partial charge < -0.3 is 29.7 Å². The van der Waals surface area contributed by atoms with Crippen molar-refractivity contribution in [2.75, 3.05) is 26.5 Å². The first-order chi connectivity index (χ1) is 25.4. The van der Waals surface area contributed by atoms with Crippen LogP contribution in [0.2, 0.25) is 0 Å². The Balaban J connectivity index is 0.000000363. The smallest absolute Gasteiger partial charge is 0.408 e. The number of methoxy groups -OCH3 is 1. The number of carbonyl (C=O) groups is 4. The summed E-state index contributed by atoms with van der Waals surface area (Å²) in [5, 5.41) is 6.07. The van der Waals surface area contributed by atoms with Crippen LogP contribution in [-0.4, -0.2) is 92.4 Å². The van der Waals surface area contributed by atoms with Gasteiger partial charge in [0.1, 0.15) is 34.8 Å². The van der Waals surface area contributed by atoms with Crippen molar-refractivity contribution in [2.24, 2.45) is 11.8 Å². The fraction of sp³-hybridized carbons (Fsp3) is 0.513. The van der Waals surface area contributed by atoms with Crippen LogP contribution in [0.25, 0.3) is 22.2 Å². The highest BCUT2D eigenvalue weighted by atomic mass is 32.2. The van der Waals surface area contributed by atoms with Crippen molar-refractivity contribution < 1.29 is 41.8 Å². The first kappa shape index (κ1) is 41.8. The van der Waals surface area contributed by atoms with Crippen LogP contribution < -0.4 is 24.8 Å². The number of amides is 4. The van der Waals surface area contributed by atoms with Crippen LogP contribution in [0, 0.1) is 11.8 Å². The first-order valence-electron chi connectivity index (χ1n) is 18.1. The average molecular weight is 768 g/mol. The van der Waals surface area contributed by atoms with Crippen LogP contribution in [0.4, 0.5) is 4.79 Å². The number of nitrogens with zero attached hydrogens (tertiary/aromatic N) is 2. The molecule has 1 saturated carbocycles. The van der Waals surface area contributed by atoms with Crippen molar-refractivity contribution in [3.05, 3.63) is 54.6 Å². The Hall–Kier alpha value is -4.92. The number of carbonyl (C=O) groups excluding carboxylic acids is 4. The molecule has 294 valence electrons. The van der Waals surface area contributed by atoms with Crippen LogP contribution in [0.1, 0.15) is 67.2 Å². The number of ether oxygens (including phenoxy) is 3. The van der Waals surface area contributed by atoms with Gasteiger partial charge in [0.2, 0.25) is 22.3 Å². The third kappa shape index (κ3) is 11.3. The zero-order valence-electron chi connectivity index (χ0n) is 32.3. The highest BCUT2D eigenvalue weighted by molar-refractivity contribution is 7.89. The monoisotopic (exact) mass is 767 g/mol. The minimum absolute atomic E-state index is 0.0180. The van der Waals surface area contributed by atoms with E-state index >= 15 is 0 Å². The number of rotatable bonds is 13. The van der Waals surface area contributed by atoms with E-state index in [1.807, 2.05) is 80.1 Å². The minimum atomic E-state index is -3.57. The molecule has 0 bridgehead atoms. The predicted octanol–water partition coefficient (Wildman–Crippen LogP) is 4.81. The number of sulfonamides is 1. The van der Waals surface area contributed by atoms with Crippen LogP contribution in [0.5, 0.6) is 11.5 Å². The second-order valence-electron chi connectivity index (χ2n) is 15.1. The van der Waals surface area contributed by atoms with Gasteiger partial charge in [0.05, 0.1) is 31.1 Å². The highest BCUT2D eigenvalue weighted by Gasteiger charge is 2.59. The van der Waals surface area contributed by atoms with E-state index in [2.05, 4.69) is 10.6 Å². The molecule has 3 aromatic rings. The van der Waals surface area contributed by atoms with Crippen molar-refractivity contribution in [2.45, 2.75) is 90.5 Å². The zero-order valence-corrected chi connectivity index (χ0v) is 33.1. The summed E-state index contributed by atoms with van der Waals surface area (Å²) in [6, 6.07) is 17.0. The van der Waals surface area contributed by atoms with E-state index in [1.54, 1.807) is 32.8 Å². The molecule has 2 unspecified atom stereocenters. The minimum Gasteiger partial charge on any atom is -0.497 e. The molecule has 2 aliphatic rings. The van der Waals surface area contributed by atoms with E-state index in [9.17, 15) is 27.6 Å². The summed E-state index contributed by atoms with van der Waals surface area (Å²) in [6.45, 7) is 12.3. The summed E-state index contributed by atoms with van der Waals surface area (Å²) in [5.41, 5.74) is 0.906. The first-order valence-corrected chi connectivity index (χ1v) is 20.0. The van der Waals surface area contributed by atoms with Gasteiger partial charge in [-0.2, -0.15) is 0 Å². The number of benzene rings is 2. The van der Waals surface area contributed by atoms with Gasteiger partial charge in [-0.05, 0) is 57.6 Å². The van der Waals surface area contributed by atoms with E-state index in [4.69, 9.17) is 19.2 Å². The second kappa shape index (κ2) is 17.5. The van der Waals surface area contributed by atoms with Gasteiger partial charge in [-0.1, -0.05) is 57.5 Å². The largest absolute Gasteiger partial charge is 0.497 e. The third-order valence-electron chi connectivity index (χ3n) is 9.09. The van der Waals surface area contributed by atoms with Gasteiger partial charge in [-0.15, -0.1) is 0 Å². The van der Waals surface area contributed by atoms with E-state index in [0.717, 1.165) is 40.6 Å². The molecule has 1 aliphatic heterocycles. The second-order valence-corrected chi connectivity index (χ2v) is 16.9. The van der Waals surface area contributed by atoms with Crippen molar-refractivity contribution in [3.63, 3.8) is 0 Å². The Labute approximate surface area is 317 Å². The van der Waals surface area contributed by atoms with Crippen LogP contribution in [-0.2, 0) is 29.1 Å². The lowest BCUT2D eigenvalue weighted by Gasteiger charge is -2.27. The molecule has 1 saturated heterocycles. The topological polar surface area (TPSA) is 182 Å². The Morgan fingerprint density at radius 3 is 2.37 bits per heavy atom. The number of likely N-dealkylation sites (tertiary alicyclic amines) is 1. The molecule has 4 atom stereocenters. The molecule has 14 nitrogen and oxygen atoms in total. The number of pyridine rings is 1. The molecule has 2 heterocycles. The molecule has 1 aromatic heterocycles. The number of hydrogen-bond donors (Lipinski definition) is 3. The number of nitrogens with one attached hydrogen (secondary N) is 3. The number of fused-ring (bicyclic) bond motifs is 1. The third-order valence-corrected chi connectivity index (χ3v) is 9.65. The van der Waals surface area contributed by atoms with Gasteiger partial charge in [0.25, 0.3) is 5.91 Å². The molecule has 0 radical (unpaired) electrons. The Kier molecular flexibility index (Phi) is 13.5. The van der Waals surface area contributed by atoms with E-state index < -0.39 is 39.2 Å². The standard InChI is InChI=1S/C31H39N3O5.C8H14N2O4S/c1-20(2)16-27(33-30(36)39-31(3,4)5)29(35)34-15-14-23(19-34)38-28-18-25(21-10-8-7-9-11-21)32-26-17-22(37-6)12-13-24(26)28;1-3-6-4-8(6,9-5-11)7(12)10-15(2,13)14/h7-13,17-18,20,23,27H,14-16,19H2,1-6H3,(H,33,36);5-6H,3-4H2,1-2H3,(H,9,11)(H,10,12)/t23-,27+;/m1./s1. The molecule has 4 amide bonds. The van der Waals surface area contributed by atoms with Crippen molar-refractivity contribution in [3.8, 4) is 22.8 Å². The fourth-order valence-electron chi connectivity index (χ4n) is 6.43. The lowest BCUT2D eigenvalue weighted by molar-refractivity contribution is -0.133.